The molecule has 0 aliphatic rings. The Hall–Kier alpha value is -2.14. The number of para-hydroxylation sites is 1. The van der Waals surface area contributed by atoms with Gasteiger partial charge in [0.05, 0.1) is 6.54 Å². The van der Waals surface area contributed by atoms with Gasteiger partial charge in [-0.3, -0.25) is 9.00 Å². The van der Waals surface area contributed by atoms with Crippen molar-refractivity contribution in [1.82, 2.24) is 0 Å². The van der Waals surface area contributed by atoms with Crippen molar-refractivity contribution in [1.29, 1.82) is 0 Å². The second-order valence-electron chi connectivity index (χ2n) is 5.25. The van der Waals surface area contributed by atoms with Crippen molar-refractivity contribution >= 4 is 28.1 Å². The number of carbonyl (C=O) groups excluding carboxylic acids is 1. The summed E-state index contributed by atoms with van der Waals surface area (Å²) in [7, 11) is -0.874. The molecule has 23 heavy (non-hydrogen) atoms. The maximum absolute atomic E-state index is 12.4. The van der Waals surface area contributed by atoms with Gasteiger partial charge in [0.25, 0.3) is 0 Å². The van der Waals surface area contributed by atoms with E-state index in [0.29, 0.717) is 12.3 Å². The largest absolute Gasteiger partial charge is 0.376 e. The summed E-state index contributed by atoms with van der Waals surface area (Å²) < 4.78 is 11.3. The third kappa shape index (κ3) is 5.21. The molecule has 1 atom stereocenters. The Morgan fingerprint density at radius 1 is 1.13 bits per heavy atom. The van der Waals surface area contributed by atoms with Crippen molar-refractivity contribution in [2.45, 2.75) is 12.7 Å². The number of hydrogen-bond acceptors (Lipinski definition) is 3. The van der Waals surface area contributed by atoms with Gasteiger partial charge >= 0.3 is 0 Å². The zero-order valence-corrected chi connectivity index (χ0v) is 14.3. The Morgan fingerprint density at radius 3 is 2.52 bits per heavy atom. The standard InChI is InChI=1S/C18H22N2O2S/c1-3-20(17-10-5-4-6-11-17)18(21)13-19-16-9-7-8-15(12-16)14-23(2)22/h4-12,19H,3,13-14H2,1-2H3. The summed E-state index contributed by atoms with van der Waals surface area (Å²) in [6.45, 7) is 2.81. The lowest BCUT2D eigenvalue weighted by molar-refractivity contribution is -0.116. The Kier molecular flexibility index (Phi) is 6.35. The van der Waals surface area contributed by atoms with Gasteiger partial charge in [-0.2, -0.15) is 0 Å². The fourth-order valence-corrected chi connectivity index (χ4v) is 3.04. The number of amides is 1. The molecular weight excluding hydrogens is 308 g/mol. The molecule has 2 rings (SSSR count). The monoisotopic (exact) mass is 330 g/mol. The van der Waals surface area contributed by atoms with Crippen LogP contribution < -0.4 is 10.2 Å². The van der Waals surface area contributed by atoms with Crippen LogP contribution in [0.1, 0.15) is 12.5 Å². The molecule has 0 aliphatic heterocycles. The Bertz CT molecular complexity index is 674. The number of likely N-dealkylation sites (N-methyl/N-ethyl adjacent to an activating group) is 1. The van der Waals surface area contributed by atoms with E-state index < -0.39 is 10.8 Å². The molecule has 0 saturated carbocycles. The highest BCUT2D eigenvalue weighted by Gasteiger charge is 2.13. The van der Waals surface area contributed by atoms with Crippen LogP contribution in [0.5, 0.6) is 0 Å². The Morgan fingerprint density at radius 2 is 1.87 bits per heavy atom. The molecule has 4 nitrogen and oxygen atoms in total. The van der Waals surface area contributed by atoms with E-state index in [2.05, 4.69) is 5.32 Å². The molecule has 0 aliphatic carbocycles. The van der Waals surface area contributed by atoms with Crippen LogP contribution in [-0.2, 0) is 21.3 Å². The van der Waals surface area contributed by atoms with Crippen LogP contribution in [0.4, 0.5) is 11.4 Å². The van der Waals surface area contributed by atoms with Gasteiger partial charge in [-0.05, 0) is 36.8 Å². The zero-order valence-electron chi connectivity index (χ0n) is 13.5. The molecule has 2 aromatic carbocycles. The van der Waals surface area contributed by atoms with Crippen molar-refractivity contribution in [3.63, 3.8) is 0 Å². The molecule has 0 aromatic heterocycles. The van der Waals surface area contributed by atoms with Crippen LogP contribution in [0, 0.1) is 0 Å². The normalized spacial score (nSPS) is 11.7. The van der Waals surface area contributed by atoms with Gasteiger partial charge in [-0.1, -0.05) is 30.3 Å². The molecule has 0 radical (unpaired) electrons. The number of carbonyl (C=O) groups is 1. The number of benzene rings is 2. The summed E-state index contributed by atoms with van der Waals surface area (Å²) >= 11 is 0. The first-order valence-electron chi connectivity index (χ1n) is 7.58. The number of nitrogens with zero attached hydrogens (tertiary/aromatic N) is 1. The van der Waals surface area contributed by atoms with Crippen LogP contribution in [0.2, 0.25) is 0 Å². The lowest BCUT2D eigenvalue weighted by Crippen LogP contribution is -2.35. The van der Waals surface area contributed by atoms with Crippen LogP contribution in [0.25, 0.3) is 0 Å². The SMILES string of the molecule is CCN(C(=O)CNc1cccc(CS(C)=O)c1)c1ccccc1. The maximum Gasteiger partial charge on any atom is 0.246 e. The number of hydrogen-bond donors (Lipinski definition) is 1. The van der Waals surface area contributed by atoms with E-state index in [1.807, 2.05) is 61.5 Å². The molecule has 1 N–H and O–H groups in total. The molecule has 122 valence electrons. The first-order chi connectivity index (χ1) is 11.1. The van der Waals surface area contributed by atoms with Crippen molar-refractivity contribution in [2.75, 3.05) is 29.6 Å². The quantitative estimate of drug-likeness (QED) is 0.849. The molecular formula is C18H22N2O2S. The fraction of sp³-hybridized carbons (Fsp3) is 0.278. The first-order valence-corrected chi connectivity index (χ1v) is 9.31. The van der Waals surface area contributed by atoms with Gasteiger partial charge in [0.2, 0.25) is 5.91 Å². The number of anilines is 2. The topological polar surface area (TPSA) is 49.4 Å². The predicted octanol–water partition coefficient (Wildman–Crippen LogP) is 3.03. The highest BCUT2D eigenvalue weighted by atomic mass is 32.2. The summed E-state index contributed by atoms with van der Waals surface area (Å²) in [5.41, 5.74) is 2.76. The molecule has 5 heteroatoms. The second-order valence-corrected chi connectivity index (χ2v) is 6.68. The molecule has 2 aromatic rings. The minimum atomic E-state index is -0.874. The second kappa shape index (κ2) is 8.48. The summed E-state index contributed by atoms with van der Waals surface area (Å²) in [5, 5.41) is 3.15. The van der Waals surface area contributed by atoms with Gasteiger partial charge in [0.1, 0.15) is 0 Å². The summed E-state index contributed by atoms with van der Waals surface area (Å²) in [4.78, 5) is 14.2. The van der Waals surface area contributed by atoms with E-state index in [1.54, 1.807) is 11.2 Å². The molecule has 0 fully saturated rings. The number of rotatable bonds is 7. The smallest absolute Gasteiger partial charge is 0.246 e. The van der Waals surface area contributed by atoms with Crippen molar-refractivity contribution < 1.29 is 9.00 Å². The number of nitrogens with one attached hydrogen (secondary N) is 1. The molecule has 1 unspecified atom stereocenters. The average molecular weight is 330 g/mol. The van der Waals surface area contributed by atoms with Gasteiger partial charge in [0, 0.05) is 40.7 Å². The first kappa shape index (κ1) is 17.2. The molecule has 0 spiro atoms. The fourth-order valence-electron chi connectivity index (χ4n) is 2.39. The van der Waals surface area contributed by atoms with Crippen molar-refractivity contribution in [3.8, 4) is 0 Å². The van der Waals surface area contributed by atoms with E-state index in [4.69, 9.17) is 0 Å². The highest BCUT2D eigenvalue weighted by molar-refractivity contribution is 7.83. The Balaban J connectivity index is 1.99. The minimum absolute atomic E-state index is 0.0168. The van der Waals surface area contributed by atoms with Gasteiger partial charge in [0.15, 0.2) is 0 Å². The third-order valence-electron chi connectivity index (χ3n) is 3.43. The summed E-state index contributed by atoms with van der Waals surface area (Å²) in [6.07, 6.45) is 1.68. The average Bonchev–Trinajstić information content (AvgIpc) is 2.54. The van der Waals surface area contributed by atoms with E-state index in [0.717, 1.165) is 16.9 Å². The molecule has 1 amide bonds. The van der Waals surface area contributed by atoms with E-state index in [-0.39, 0.29) is 12.5 Å². The van der Waals surface area contributed by atoms with Gasteiger partial charge in [-0.25, -0.2) is 0 Å². The van der Waals surface area contributed by atoms with E-state index in [9.17, 15) is 9.00 Å². The molecule has 0 heterocycles. The van der Waals surface area contributed by atoms with Gasteiger partial charge in [-0.15, -0.1) is 0 Å². The van der Waals surface area contributed by atoms with Crippen molar-refractivity contribution in [3.05, 3.63) is 60.2 Å². The van der Waals surface area contributed by atoms with E-state index in [1.165, 1.54) is 0 Å². The predicted molar refractivity (Wildman–Crippen MR) is 97.2 cm³/mol. The van der Waals surface area contributed by atoms with Crippen LogP contribution in [0.3, 0.4) is 0 Å². The lowest BCUT2D eigenvalue weighted by Gasteiger charge is -2.21. The molecule has 0 bridgehead atoms. The Labute approximate surface area is 140 Å². The van der Waals surface area contributed by atoms with Crippen LogP contribution >= 0.6 is 0 Å². The maximum atomic E-state index is 12.4. The summed E-state index contributed by atoms with van der Waals surface area (Å²) in [5.74, 6) is 0.539. The minimum Gasteiger partial charge on any atom is -0.376 e. The van der Waals surface area contributed by atoms with E-state index >= 15 is 0 Å². The van der Waals surface area contributed by atoms with Gasteiger partial charge < -0.3 is 10.2 Å². The van der Waals surface area contributed by atoms with Crippen molar-refractivity contribution in [2.24, 2.45) is 0 Å². The van der Waals surface area contributed by atoms with Crippen LogP contribution in [-0.4, -0.2) is 29.5 Å². The zero-order chi connectivity index (χ0) is 16.7. The third-order valence-corrected chi connectivity index (χ3v) is 4.17. The lowest BCUT2D eigenvalue weighted by atomic mass is 10.2. The summed E-state index contributed by atoms with van der Waals surface area (Å²) in [6, 6.07) is 17.3. The highest BCUT2D eigenvalue weighted by Crippen LogP contribution is 2.15. The van der Waals surface area contributed by atoms with Crippen LogP contribution in [0.15, 0.2) is 54.6 Å². The molecule has 0 saturated heterocycles.